The largest absolute Gasteiger partial charge is 0.481 e. The quantitative estimate of drug-likeness (QED) is 0.913. The third-order valence-corrected chi connectivity index (χ3v) is 3.69. The van der Waals surface area contributed by atoms with Gasteiger partial charge in [-0.3, -0.25) is 9.59 Å². The zero-order valence-electron chi connectivity index (χ0n) is 11.0. The van der Waals surface area contributed by atoms with E-state index in [1.807, 2.05) is 6.92 Å². The molecule has 2 rings (SSSR count). The van der Waals surface area contributed by atoms with Gasteiger partial charge in [-0.1, -0.05) is 18.5 Å². The number of carboxylic acid groups (broad SMARTS) is 1. The summed E-state index contributed by atoms with van der Waals surface area (Å²) in [6, 6.07) is 3.85. The molecule has 0 saturated carbocycles. The van der Waals surface area contributed by atoms with Crippen molar-refractivity contribution in [3.8, 4) is 0 Å². The number of rotatable bonds is 2. The van der Waals surface area contributed by atoms with Crippen molar-refractivity contribution in [2.75, 3.05) is 13.1 Å². The van der Waals surface area contributed by atoms with Gasteiger partial charge in [-0.15, -0.1) is 0 Å². The molecular weight excluding hydrogens is 285 g/mol. The predicted octanol–water partition coefficient (Wildman–Crippen LogP) is 2.66. The van der Waals surface area contributed by atoms with Gasteiger partial charge in [-0.05, 0) is 30.5 Å². The van der Waals surface area contributed by atoms with E-state index in [1.165, 1.54) is 17.0 Å². The van der Waals surface area contributed by atoms with Crippen molar-refractivity contribution in [3.05, 3.63) is 34.6 Å². The summed E-state index contributed by atoms with van der Waals surface area (Å²) in [7, 11) is 0. The van der Waals surface area contributed by atoms with Gasteiger partial charge in [0.2, 0.25) is 0 Å². The summed E-state index contributed by atoms with van der Waals surface area (Å²) >= 11 is 5.65. The molecule has 0 radical (unpaired) electrons. The van der Waals surface area contributed by atoms with E-state index in [9.17, 15) is 14.0 Å². The Kier molecular flexibility index (Phi) is 4.28. The number of carbonyl (C=O) groups excluding carboxylic acids is 1. The summed E-state index contributed by atoms with van der Waals surface area (Å²) in [5.41, 5.74) is -0.0763. The van der Waals surface area contributed by atoms with Crippen LogP contribution in [0.1, 0.15) is 23.7 Å². The number of hydrogen-bond donors (Lipinski definition) is 1. The molecule has 1 aliphatic rings. The predicted molar refractivity (Wildman–Crippen MR) is 72.2 cm³/mol. The molecular formula is C14H15ClFNO3. The summed E-state index contributed by atoms with van der Waals surface area (Å²) < 4.78 is 13.8. The van der Waals surface area contributed by atoms with Crippen molar-refractivity contribution in [1.82, 2.24) is 4.90 Å². The summed E-state index contributed by atoms with van der Waals surface area (Å²) in [5, 5.41) is 9.30. The zero-order valence-corrected chi connectivity index (χ0v) is 11.7. The van der Waals surface area contributed by atoms with Crippen molar-refractivity contribution >= 4 is 23.5 Å². The normalized spacial score (nSPS) is 22.6. The Labute approximate surface area is 121 Å². The average molecular weight is 300 g/mol. The molecule has 4 nitrogen and oxygen atoms in total. The van der Waals surface area contributed by atoms with E-state index in [0.29, 0.717) is 13.0 Å². The maximum atomic E-state index is 13.8. The molecule has 108 valence electrons. The molecule has 2 atom stereocenters. The average Bonchev–Trinajstić information content (AvgIpc) is 2.37. The summed E-state index contributed by atoms with van der Waals surface area (Å²) in [4.78, 5) is 24.8. The van der Waals surface area contributed by atoms with Crippen LogP contribution in [0.5, 0.6) is 0 Å². The third kappa shape index (κ3) is 3.10. The number of carboxylic acids is 1. The van der Waals surface area contributed by atoms with E-state index in [2.05, 4.69) is 0 Å². The van der Waals surface area contributed by atoms with Crippen molar-refractivity contribution in [3.63, 3.8) is 0 Å². The van der Waals surface area contributed by atoms with E-state index < -0.39 is 23.6 Å². The molecule has 1 N–H and O–H groups in total. The smallest absolute Gasteiger partial charge is 0.308 e. The molecule has 1 heterocycles. The lowest BCUT2D eigenvalue weighted by molar-refractivity contribution is -0.143. The first-order chi connectivity index (χ1) is 9.38. The van der Waals surface area contributed by atoms with Gasteiger partial charge in [-0.2, -0.15) is 0 Å². The second-order valence-corrected chi connectivity index (χ2v) is 5.65. The Morgan fingerprint density at radius 2 is 2.10 bits per heavy atom. The lowest BCUT2D eigenvalue weighted by Gasteiger charge is -2.34. The Morgan fingerprint density at radius 1 is 1.40 bits per heavy atom. The molecule has 20 heavy (non-hydrogen) atoms. The molecule has 0 bridgehead atoms. The first-order valence-electron chi connectivity index (χ1n) is 6.35. The van der Waals surface area contributed by atoms with Gasteiger partial charge in [0.25, 0.3) is 5.91 Å². The first kappa shape index (κ1) is 14.8. The topological polar surface area (TPSA) is 57.6 Å². The minimum atomic E-state index is -0.925. The highest BCUT2D eigenvalue weighted by Crippen LogP contribution is 2.24. The molecule has 1 aromatic rings. The monoisotopic (exact) mass is 299 g/mol. The van der Waals surface area contributed by atoms with Crippen LogP contribution in [0, 0.1) is 17.7 Å². The number of carbonyl (C=O) groups is 2. The van der Waals surface area contributed by atoms with Crippen LogP contribution >= 0.6 is 11.6 Å². The summed E-state index contributed by atoms with van der Waals surface area (Å²) in [6.45, 7) is 2.43. The minimum Gasteiger partial charge on any atom is -0.481 e. The fraction of sp³-hybridized carbons (Fsp3) is 0.429. The van der Waals surface area contributed by atoms with Crippen LogP contribution in [0.3, 0.4) is 0 Å². The fourth-order valence-electron chi connectivity index (χ4n) is 2.53. The number of benzene rings is 1. The molecule has 1 aromatic carbocycles. The fourth-order valence-corrected chi connectivity index (χ4v) is 2.69. The number of nitrogens with zero attached hydrogens (tertiary/aromatic N) is 1. The number of likely N-dealkylation sites (tertiary alicyclic amines) is 1. The van der Waals surface area contributed by atoms with Crippen LogP contribution in [0.25, 0.3) is 0 Å². The molecule has 1 amide bonds. The third-order valence-electron chi connectivity index (χ3n) is 3.46. The molecule has 1 saturated heterocycles. The standard InChI is InChI=1S/C14H15ClFNO3/c1-8-4-9(14(19)20)7-17(6-8)13(18)11-3-2-10(15)5-12(11)16/h2-3,5,8-9H,4,6-7H2,1H3,(H,19,20). The van der Waals surface area contributed by atoms with E-state index in [0.717, 1.165) is 6.07 Å². The SMILES string of the molecule is CC1CC(C(=O)O)CN(C(=O)c2ccc(Cl)cc2F)C1. The van der Waals surface area contributed by atoms with E-state index >= 15 is 0 Å². The van der Waals surface area contributed by atoms with Gasteiger partial charge in [0.05, 0.1) is 11.5 Å². The first-order valence-corrected chi connectivity index (χ1v) is 6.73. The Bertz CT molecular complexity index is 549. The molecule has 0 spiro atoms. The van der Waals surface area contributed by atoms with Crippen LogP contribution in [-0.4, -0.2) is 35.0 Å². The highest BCUT2D eigenvalue weighted by Gasteiger charge is 2.32. The van der Waals surface area contributed by atoms with Crippen LogP contribution < -0.4 is 0 Å². The second kappa shape index (κ2) is 5.79. The number of amides is 1. The Morgan fingerprint density at radius 3 is 2.70 bits per heavy atom. The van der Waals surface area contributed by atoms with Gasteiger partial charge in [0, 0.05) is 18.1 Å². The number of hydrogen-bond acceptors (Lipinski definition) is 2. The van der Waals surface area contributed by atoms with E-state index in [1.54, 1.807) is 0 Å². The van der Waals surface area contributed by atoms with Crippen molar-refractivity contribution in [2.24, 2.45) is 11.8 Å². The zero-order chi connectivity index (χ0) is 14.9. The summed E-state index contributed by atoms with van der Waals surface area (Å²) in [5.74, 6) is -2.63. The van der Waals surface area contributed by atoms with Crippen molar-refractivity contribution in [2.45, 2.75) is 13.3 Å². The van der Waals surface area contributed by atoms with Crippen LogP contribution in [0.2, 0.25) is 5.02 Å². The molecule has 6 heteroatoms. The Hall–Kier alpha value is -1.62. The van der Waals surface area contributed by atoms with Gasteiger partial charge in [-0.25, -0.2) is 4.39 Å². The van der Waals surface area contributed by atoms with Crippen LogP contribution in [-0.2, 0) is 4.79 Å². The maximum absolute atomic E-state index is 13.8. The minimum absolute atomic E-state index is 0.0733. The lowest BCUT2D eigenvalue weighted by atomic mass is 9.90. The second-order valence-electron chi connectivity index (χ2n) is 5.21. The van der Waals surface area contributed by atoms with Gasteiger partial charge < -0.3 is 10.0 Å². The van der Waals surface area contributed by atoms with Gasteiger partial charge >= 0.3 is 5.97 Å². The maximum Gasteiger partial charge on any atom is 0.308 e. The number of halogens is 2. The highest BCUT2D eigenvalue weighted by molar-refractivity contribution is 6.30. The number of piperidine rings is 1. The molecule has 0 aliphatic carbocycles. The van der Waals surface area contributed by atoms with Crippen LogP contribution in [0.4, 0.5) is 4.39 Å². The molecule has 2 unspecified atom stereocenters. The van der Waals surface area contributed by atoms with Crippen molar-refractivity contribution in [1.29, 1.82) is 0 Å². The van der Waals surface area contributed by atoms with Gasteiger partial charge in [0.15, 0.2) is 0 Å². The highest BCUT2D eigenvalue weighted by atomic mass is 35.5. The van der Waals surface area contributed by atoms with Gasteiger partial charge in [0.1, 0.15) is 5.82 Å². The van der Waals surface area contributed by atoms with Crippen molar-refractivity contribution < 1.29 is 19.1 Å². The molecule has 1 aliphatic heterocycles. The van der Waals surface area contributed by atoms with E-state index in [-0.39, 0.29) is 23.0 Å². The summed E-state index contributed by atoms with van der Waals surface area (Å²) in [6.07, 6.45) is 0.530. The van der Waals surface area contributed by atoms with Crippen LogP contribution in [0.15, 0.2) is 18.2 Å². The molecule has 0 aromatic heterocycles. The number of aliphatic carboxylic acids is 1. The molecule has 1 fully saturated rings. The van der Waals surface area contributed by atoms with E-state index in [4.69, 9.17) is 16.7 Å². The lowest BCUT2D eigenvalue weighted by Crippen LogP contribution is -2.45. The Balaban J connectivity index is 2.21.